The lowest BCUT2D eigenvalue weighted by atomic mass is 10.1. The number of aliphatic carboxylic acids is 1. The number of amidine groups is 1. The van der Waals surface area contributed by atoms with Crippen molar-refractivity contribution in [3.05, 3.63) is 29.8 Å². The summed E-state index contributed by atoms with van der Waals surface area (Å²) in [7, 11) is 2.03. The van der Waals surface area contributed by atoms with E-state index in [9.17, 15) is 19.5 Å². The number of amides is 2. The second-order valence-electron chi connectivity index (χ2n) is 9.92. The SMILES string of the molecule is CC(C(=O)O)N1CCN(CC2CN(c3ccc(C(=N)NC(=O)OC4CCN(C)CC4)cc3)C(=O)O2)CC1. The maximum absolute atomic E-state index is 12.5. The summed E-state index contributed by atoms with van der Waals surface area (Å²) in [6.07, 6.45) is 0.0686. The van der Waals surface area contributed by atoms with Gasteiger partial charge in [-0.2, -0.15) is 0 Å². The van der Waals surface area contributed by atoms with E-state index in [-0.39, 0.29) is 18.0 Å². The molecule has 2 amide bonds. The number of carboxylic acids is 1. The fourth-order valence-electron chi connectivity index (χ4n) is 4.87. The summed E-state index contributed by atoms with van der Waals surface area (Å²) < 4.78 is 11.0. The number of carbonyl (C=O) groups is 3. The highest BCUT2D eigenvalue weighted by Gasteiger charge is 2.35. The maximum Gasteiger partial charge on any atom is 0.414 e. The molecule has 0 radical (unpaired) electrons. The molecule has 3 N–H and O–H groups in total. The zero-order valence-electron chi connectivity index (χ0n) is 21.4. The van der Waals surface area contributed by atoms with Gasteiger partial charge in [0.2, 0.25) is 0 Å². The molecule has 2 atom stereocenters. The largest absolute Gasteiger partial charge is 0.480 e. The Hall–Kier alpha value is -3.22. The number of nitrogens with one attached hydrogen (secondary N) is 2. The highest BCUT2D eigenvalue weighted by Crippen LogP contribution is 2.23. The Kier molecular flexibility index (Phi) is 8.62. The number of piperazine rings is 1. The fraction of sp³-hybridized carbons (Fsp3) is 0.600. The number of cyclic esters (lactones) is 1. The Labute approximate surface area is 216 Å². The first-order valence-corrected chi connectivity index (χ1v) is 12.7. The van der Waals surface area contributed by atoms with Crippen LogP contribution in [0.3, 0.4) is 0 Å². The number of benzene rings is 1. The van der Waals surface area contributed by atoms with Gasteiger partial charge in [0.05, 0.1) is 6.54 Å². The summed E-state index contributed by atoms with van der Waals surface area (Å²) in [5.41, 5.74) is 1.15. The predicted molar refractivity (Wildman–Crippen MR) is 136 cm³/mol. The van der Waals surface area contributed by atoms with E-state index in [1.165, 1.54) is 0 Å². The number of carboxylic acid groups (broad SMARTS) is 1. The van der Waals surface area contributed by atoms with E-state index < -0.39 is 24.2 Å². The molecule has 3 aliphatic rings. The summed E-state index contributed by atoms with van der Waals surface area (Å²) in [5.74, 6) is -0.888. The Bertz CT molecular complexity index is 988. The van der Waals surface area contributed by atoms with E-state index in [1.54, 1.807) is 36.1 Å². The van der Waals surface area contributed by atoms with Gasteiger partial charge in [-0.25, -0.2) is 9.59 Å². The smallest absolute Gasteiger partial charge is 0.414 e. The number of alkyl carbamates (subject to hydrolysis) is 1. The van der Waals surface area contributed by atoms with Crippen LogP contribution in [-0.4, -0.2) is 121 Å². The molecule has 3 fully saturated rings. The standard InChI is InChI=1S/C25H36N6O6/c1-17(23(32)33)30-13-11-29(12-14-30)15-21-16-31(25(35)37-21)19-5-3-18(4-6-19)22(26)27-24(34)36-20-7-9-28(2)10-8-20/h3-6,17,20-21H,7-16H2,1-2H3,(H,32,33)(H2,26,27,34). The van der Waals surface area contributed by atoms with Gasteiger partial charge in [0.15, 0.2) is 0 Å². The number of anilines is 1. The zero-order chi connectivity index (χ0) is 26.5. The van der Waals surface area contributed by atoms with Crippen LogP contribution in [0.5, 0.6) is 0 Å². The molecule has 0 spiro atoms. The summed E-state index contributed by atoms with van der Waals surface area (Å²) in [4.78, 5) is 43.8. The summed E-state index contributed by atoms with van der Waals surface area (Å²) in [5, 5.41) is 19.9. The van der Waals surface area contributed by atoms with Gasteiger partial charge < -0.3 is 19.5 Å². The highest BCUT2D eigenvalue weighted by atomic mass is 16.6. The number of hydrogen-bond donors (Lipinski definition) is 3. The number of piperidine rings is 1. The van der Waals surface area contributed by atoms with Crippen molar-refractivity contribution in [2.75, 3.05) is 64.3 Å². The van der Waals surface area contributed by atoms with Crippen molar-refractivity contribution in [3.8, 4) is 0 Å². The highest BCUT2D eigenvalue weighted by molar-refractivity contribution is 6.04. The van der Waals surface area contributed by atoms with Gasteiger partial charge in [0, 0.05) is 57.1 Å². The van der Waals surface area contributed by atoms with E-state index in [0.717, 1.165) is 39.0 Å². The predicted octanol–water partition coefficient (Wildman–Crippen LogP) is 1.25. The van der Waals surface area contributed by atoms with Crippen LogP contribution in [0.15, 0.2) is 24.3 Å². The average molecular weight is 517 g/mol. The third-order valence-corrected chi connectivity index (χ3v) is 7.28. The van der Waals surface area contributed by atoms with E-state index in [4.69, 9.17) is 14.9 Å². The molecule has 3 aliphatic heterocycles. The van der Waals surface area contributed by atoms with E-state index in [2.05, 4.69) is 15.1 Å². The van der Waals surface area contributed by atoms with E-state index in [1.807, 2.05) is 11.9 Å². The molecule has 37 heavy (non-hydrogen) atoms. The first-order valence-electron chi connectivity index (χ1n) is 12.7. The first kappa shape index (κ1) is 26.8. The van der Waals surface area contributed by atoms with Crippen LogP contribution in [0, 0.1) is 5.41 Å². The number of ether oxygens (including phenoxy) is 2. The number of carbonyl (C=O) groups excluding carboxylic acids is 2. The van der Waals surface area contributed by atoms with Crippen molar-refractivity contribution in [1.82, 2.24) is 20.0 Å². The fourth-order valence-corrected chi connectivity index (χ4v) is 4.87. The molecule has 0 aliphatic carbocycles. The normalized spacial score (nSPS) is 22.9. The Morgan fingerprint density at radius 3 is 2.41 bits per heavy atom. The van der Waals surface area contributed by atoms with Gasteiger partial charge in [-0.15, -0.1) is 0 Å². The molecule has 1 aromatic carbocycles. The van der Waals surface area contributed by atoms with Crippen molar-refractivity contribution < 1.29 is 29.0 Å². The third-order valence-electron chi connectivity index (χ3n) is 7.28. The summed E-state index contributed by atoms with van der Waals surface area (Å²) in [6.45, 7) is 7.19. The van der Waals surface area contributed by atoms with Gasteiger partial charge in [-0.05, 0) is 51.1 Å². The number of nitrogens with zero attached hydrogens (tertiary/aromatic N) is 4. The van der Waals surface area contributed by atoms with Gasteiger partial charge in [-0.1, -0.05) is 0 Å². The molecule has 3 saturated heterocycles. The molecule has 12 heteroatoms. The third kappa shape index (κ3) is 6.96. The van der Waals surface area contributed by atoms with Crippen molar-refractivity contribution in [2.24, 2.45) is 0 Å². The number of likely N-dealkylation sites (tertiary alicyclic amines) is 1. The molecule has 3 heterocycles. The molecule has 1 aromatic rings. The molecule has 2 unspecified atom stereocenters. The molecule has 12 nitrogen and oxygen atoms in total. The Morgan fingerprint density at radius 2 is 1.78 bits per heavy atom. The van der Waals surface area contributed by atoms with Crippen LogP contribution < -0.4 is 10.2 Å². The first-order chi connectivity index (χ1) is 17.7. The van der Waals surface area contributed by atoms with Crippen LogP contribution >= 0.6 is 0 Å². The topological polar surface area (TPSA) is 139 Å². The van der Waals surface area contributed by atoms with Crippen LogP contribution in [-0.2, 0) is 14.3 Å². The lowest BCUT2D eigenvalue weighted by molar-refractivity contribution is -0.143. The Morgan fingerprint density at radius 1 is 1.14 bits per heavy atom. The molecule has 0 aromatic heterocycles. The minimum absolute atomic E-state index is 0.0669. The number of hydrogen-bond acceptors (Lipinski definition) is 9. The van der Waals surface area contributed by atoms with Crippen LogP contribution in [0.25, 0.3) is 0 Å². The van der Waals surface area contributed by atoms with Crippen LogP contribution in [0.2, 0.25) is 0 Å². The monoisotopic (exact) mass is 516 g/mol. The van der Waals surface area contributed by atoms with Gasteiger partial charge in [0.25, 0.3) is 0 Å². The number of rotatable bonds is 7. The minimum atomic E-state index is -0.821. The van der Waals surface area contributed by atoms with Crippen molar-refractivity contribution in [3.63, 3.8) is 0 Å². The van der Waals surface area contributed by atoms with Gasteiger partial charge in [0.1, 0.15) is 24.1 Å². The molecule has 0 bridgehead atoms. The van der Waals surface area contributed by atoms with Gasteiger partial charge >= 0.3 is 18.2 Å². The van der Waals surface area contributed by atoms with Crippen molar-refractivity contribution in [1.29, 1.82) is 5.41 Å². The Balaban J connectivity index is 1.23. The molecular formula is C25H36N6O6. The van der Waals surface area contributed by atoms with Crippen molar-refractivity contribution >= 4 is 29.7 Å². The van der Waals surface area contributed by atoms with Crippen LogP contribution in [0.1, 0.15) is 25.3 Å². The lowest BCUT2D eigenvalue weighted by Crippen LogP contribution is -2.53. The second-order valence-corrected chi connectivity index (χ2v) is 9.92. The summed E-state index contributed by atoms with van der Waals surface area (Å²) >= 11 is 0. The quantitative estimate of drug-likeness (QED) is 0.361. The second kappa shape index (κ2) is 11.9. The van der Waals surface area contributed by atoms with Crippen LogP contribution in [0.4, 0.5) is 15.3 Å². The summed E-state index contributed by atoms with van der Waals surface area (Å²) in [6, 6.07) is 6.30. The average Bonchev–Trinajstić information content (AvgIpc) is 3.25. The van der Waals surface area contributed by atoms with Gasteiger partial charge in [-0.3, -0.25) is 30.2 Å². The molecule has 0 saturated carbocycles. The van der Waals surface area contributed by atoms with E-state index in [0.29, 0.717) is 37.4 Å². The molecular weight excluding hydrogens is 480 g/mol. The van der Waals surface area contributed by atoms with E-state index >= 15 is 0 Å². The zero-order valence-corrected chi connectivity index (χ0v) is 21.4. The maximum atomic E-state index is 12.5. The lowest BCUT2D eigenvalue weighted by Gasteiger charge is -2.37. The van der Waals surface area contributed by atoms with Crippen molar-refractivity contribution in [2.45, 2.75) is 38.0 Å². The molecule has 202 valence electrons. The molecule has 4 rings (SSSR count). The minimum Gasteiger partial charge on any atom is -0.480 e.